The van der Waals surface area contributed by atoms with E-state index in [2.05, 4.69) is 17.9 Å². The Morgan fingerprint density at radius 2 is 2.20 bits per heavy atom. The van der Waals surface area contributed by atoms with Crippen LogP contribution in [0.4, 0.5) is 5.69 Å². The van der Waals surface area contributed by atoms with Gasteiger partial charge in [0.1, 0.15) is 6.07 Å². The van der Waals surface area contributed by atoms with Gasteiger partial charge in [-0.15, -0.1) is 0 Å². The molecule has 1 saturated heterocycles. The largest absolute Gasteiger partial charge is 0.388 e. The minimum atomic E-state index is -0.623. The fourth-order valence-corrected chi connectivity index (χ4v) is 3.50. The number of hydrogen-bond donors (Lipinski definition) is 1. The number of hydrogen-bond acceptors (Lipinski definition) is 3. The lowest BCUT2D eigenvalue weighted by atomic mass is 9.90. The van der Waals surface area contributed by atoms with Gasteiger partial charge in [0.15, 0.2) is 0 Å². The van der Waals surface area contributed by atoms with Gasteiger partial charge in [-0.25, -0.2) is 0 Å². The first-order valence-corrected chi connectivity index (χ1v) is 7.54. The molecule has 0 aromatic heterocycles. The molecule has 0 saturated carbocycles. The second kappa shape index (κ2) is 5.63. The third-order valence-corrected chi connectivity index (χ3v) is 5.06. The molecule has 1 heterocycles. The predicted molar refractivity (Wildman–Crippen MR) is 82.2 cm³/mol. The standard InChI is InChI=1S/C16H21ClN2O/c1-4-14-16(20,5-2)8-9-19(14)13-7-6-12(10-18)15(17)11(13)3/h6-7,14,20H,4-5,8-9H2,1-3H3/t14-,16-/m0/s1. The molecule has 1 aromatic rings. The first kappa shape index (κ1) is 15.2. The van der Waals surface area contributed by atoms with E-state index in [1.807, 2.05) is 19.9 Å². The fraction of sp³-hybridized carbons (Fsp3) is 0.562. The maximum atomic E-state index is 10.7. The maximum Gasteiger partial charge on any atom is 0.101 e. The van der Waals surface area contributed by atoms with E-state index in [9.17, 15) is 5.11 Å². The van der Waals surface area contributed by atoms with Gasteiger partial charge in [-0.2, -0.15) is 5.26 Å². The van der Waals surface area contributed by atoms with Gasteiger partial charge in [-0.3, -0.25) is 0 Å². The van der Waals surface area contributed by atoms with Crippen LogP contribution in [0, 0.1) is 18.3 Å². The van der Waals surface area contributed by atoms with Gasteiger partial charge < -0.3 is 10.0 Å². The van der Waals surface area contributed by atoms with Crippen LogP contribution in [-0.2, 0) is 0 Å². The van der Waals surface area contributed by atoms with E-state index in [1.165, 1.54) is 0 Å². The molecule has 1 aliphatic rings. The summed E-state index contributed by atoms with van der Waals surface area (Å²) in [5.41, 5.74) is 1.84. The van der Waals surface area contributed by atoms with E-state index in [4.69, 9.17) is 16.9 Å². The third kappa shape index (κ3) is 2.28. The normalized spacial score (nSPS) is 25.8. The minimum Gasteiger partial charge on any atom is -0.388 e. The van der Waals surface area contributed by atoms with E-state index in [-0.39, 0.29) is 6.04 Å². The second-order valence-corrected chi connectivity index (χ2v) is 5.89. The summed E-state index contributed by atoms with van der Waals surface area (Å²) < 4.78 is 0. The van der Waals surface area contributed by atoms with Crippen molar-refractivity contribution in [2.75, 3.05) is 11.4 Å². The average Bonchev–Trinajstić information content (AvgIpc) is 2.79. The zero-order valence-corrected chi connectivity index (χ0v) is 13.0. The lowest BCUT2D eigenvalue weighted by molar-refractivity contribution is 0.0268. The Bertz CT molecular complexity index is 552. The molecule has 1 N–H and O–H groups in total. The molecule has 20 heavy (non-hydrogen) atoms. The molecule has 4 heteroatoms. The number of nitrogens with zero attached hydrogens (tertiary/aromatic N) is 2. The molecule has 0 bridgehead atoms. The first-order chi connectivity index (χ1) is 9.48. The van der Waals surface area contributed by atoms with Crippen LogP contribution in [0.25, 0.3) is 0 Å². The molecule has 2 rings (SSSR count). The molecule has 0 spiro atoms. The van der Waals surface area contributed by atoms with Crippen LogP contribution in [0.5, 0.6) is 0 Å². The van der Waals surface area contributed by atoms with Crippen molar-refractivity contribution in [3.05, 3.63) is 28.3 Å². The SMILES string of the molecule is CC[C@@H]1N(c2ccc(C#N)c(Cl)c2C)CC[C@@]1(O)CC. The van der Waals surface area contributed by atoms with Gasteiger partial charge in [0.2, 0.25) is 0 Å². The van der Waals surface area contributed by atoms with Crippen LogP contribution >= 0.6 is 11.6 Å². The zero-order valence-electron chi connectivity index (χ0n) is 12.3. The Hall–Kier alpha value is -1.24. The van der Waals surface area contributed by atoms with Crippen molar-refractivity contribution in [1.82, 2.24) is 0 Å². The number of nitriles is 1. The van der Waals surface area contributed by atoms with Crippen LogP contribution in [0.1, 0.15) is 44.2 Å². The van der Waals surface area contributed by atoms with Crippen LogP contribution in [0.15, 0.2) is 12.1 Å². The molecule has 0 aliphatic carbocycles. The highest BCUT2D eigenvalue weighted by molar-refractivity contribution is 6.32. The summed E-state index contributed by atoms with van der Waals surface area (Å²) in [4.78, 5) is 2.24. The summed E-state index contributed by atoms with van der Waals surface area (Å²) in [6.07, 6.45) is 2.42. The molecule has 3 nitrogen and oxygen atoms in total. The summed E-state index contributed by atoms with van der Waals surface area (Å²) in [6.45, 7) is 6.90. The number of halogens is 1. The van der Waals surface area contributed by atoms with Gasteiger partial charge >= 0.3 is 0 Å². The molecular formula is C16H21ClN2O. The number of benzene rings is 1. The summed E-state index contributed by atoms with van der Waals surface area (Å²) in [5, 5.41) is 20.3. The number of rotatable bonds is 3. The lowest BCUT2D eigenvalue weighted by Gasteiger charge is -2.35. The quantitative estimate of drug-likeness (QED) is 0.925. The van der Waals surface area contributed by atoms with E-state index in [0.29, 0.717) is 10.6 Å². The van der Waals surface area contributed by atoms with E-state index in [0.717, 1.165) is 37.1 Å². The monoisotopic (exact) mass is 292 g/mol. The Morgan fingerprint density at radius 3 is 2.75 bits per heavy atom. The van der Waals surface area contributed by atoms with Crippen LogP contribution in [0.3, 0.4) is 0 Å². The van der Waals surface area contributed by atoms with Crippen molar-refractivity contribution in [3.63, 3.8) is 0 Å². The highest BCUT2D eigenvalue weighted by Crippen LogP contribution is 2.40. The minimum absolute atomic E-state index is 0.107. The van der Waals surface area contributed by atoms with Crippen molar-refractivity contribution in [2.45, 2.75) is 51.7 Å². The number of aliphatic hydroxyl groups is 1. The molecule has 0 radical (unpaired) electrons. The molecule has 108 valence electrons. The Balaban J connectivity index is 2.43. The predicted octanol–water partition coefficient (Wildman–Crippen LogP) is 3.65. The van der Waals surface area contributed by atoms with E-state index < -0.39 is 5.60 Å². The third-order valence-electron chi connectivity index (χ3n) is 4.57. The molecule has 1 fully saturated rings. The van der Waals surface area contributed by atoms with Gasteiger partial charge in [0, 0.05) is 12.2 Å². The maximum absolute atomic E-state index is 10.7. The highest BCUT2D eigenvalue weighted by atomic mass is 35.5. The van der Waals surface area contributed by atoms with E-state index >= 15 is 0 Å². The summed E-state index contributed by atoms with van der Waals surface area (Å²) in [5.74, 6) is 0. The first-order valence-electron chi connectivity index (χ1n) is 7.16. The molecule has 1 aliphatic heterocycles. The van der Waals surface area contributed by atoms with Crippen LogP contribution in [-0.4, -0.2) is 23.3 Å². The van der Waals surface area contributed by atoms with Gasteiger partial charge in [0.05, 0.1) is 22.2 Å². The summed E-state index contributed by atoms with van der Waals surface area (Å²) in [6, 6.07) is 5.93. The van der Waals surface area contributed by atoms with Crippen molar-refractivity contribution >= 4 is 17.3 Å². The van der Waals surface area contributed by atoms with Crippen molar-refractivity contribution in [2.24, 2.45) is 0 Å². The van der Waals surface area contributed by atoms with Crippen LogP contribution in [0.2, 0.25) is 5.02 Å². The summed E-state index contributed by atoms with van der Waals surface area (Å²) >= 11 is 6.26. The van der Waals surface area contributed by atoms with Crippen molar-refractivity contribution < 1.29 is 5.11 Å². The molecular weight excluding hydrogens is 272 g/mol. The topological polar surface area (TPSA) is 47.3 Å². The highest BCUT2D eigenvalue weighted by Gasteiger charge is 2.44. The van der Waals surface area contributed by atoms with Gasteiger partial charge in [0.25, 0.3) is 0 Å². The second-order valence-electron chi connectivity index (χ2n) is 5.51. The Kier molecular flexibility index (Phi) is 4.27. The van der Waals surface area contributed by atoms with Crippen LogP contribution < -0.4 is 4.90 Å². The Morgan fingerprint density at radius 1 is 1.50 bits per heavy atom. The van der Waals surface area contributed by atoms with Crippen molar-refractivity contribution in [3.8, 4) is 6.07 Å². The molecule has 1 aromatic carbocycles. The zero-order chi connectivity index (χ0) is 14.9. The molecule has 0 unspecified atom stereocenters. The van der Waals surface area contributed by atoms with Gasteiger partial charge in [-0.1, -0.05) is 25.4 Å². The fourth-order valence-electron chi connectivity index (χ4n) is 3.30. The average molecular weight is 293 g/mol. The smallest absolute Gasteiger partial charge is 0.101 e. The van der Waals surface area contributed by atoms with Gasteiger partial charge in [-0.05, 0) is 43.9 Å². The number of anilines is 1. The molecule has 0 amide bonds. The summed E-state index contributed by atoms with van der Waals surface area (Å²) in [7, 11) is 0. The lowest BCUT2D eigenvalue weighted by Crippen LogP contribution is -2.44. The van der Waals surface area contributed by atoms with E-state index in [1.54, 1.807) is 6.07 Å². The van der Waals surface area contributed by atoms with Crippen molar-refractivity contribution in [1.29, 1.82) is 5.26 Å². The molecule has 2 atom stereocenters. The Labute approximate surface area is 125 Å².